The Morgan fingerprint density at radius 3 is 2.14 bits per heavy atom. The van der Waals surface area contributed by atoms with Crippen LogP contribution in [0.1, 0.15) is 39.5 Å². The summed E-state index contributed by atoms with van der Waals surface area (Å²) >= 11 is 1.40. The molecule has 0 bridgehead atoms. The highest BCUT2D eigenvalue weighted by atomic mass is 32.1. The van der Waals surface area contributed by atoms with E-state index in [2.05, 4.69) is 22.7 Å². The predicted octanol–water partition coefficient (Wildman–Crippen LogP) is 4.56. The minimum absolute atomic E-state index is 0.831. The Morgan fingerprint density at radius 2 is 1.86 bits per heavy atom. The average Bonchev–Trinajstić information content (AvgIpc) is 2.71. The lowest BCUT2D eigenvalue weighted by Gasteiger charge is -1.91. The van der Waals surface area contributed by atoms with E-state index in [-0.39, 0.29) is 0 Å². The second kappa shape index (κ2) is 10.1. The summed E-state index contributed by atoms with van der Waals surface area (Å²) in [7, 11) is 0. The third-order valence-corrected chi connectivity index (χ3v) is 2.06. The van der Waals surface area contributed by atoms with Crippen molar-refractivity contribution in [1.29, 1.82) is 0 Å². The van der Waals surface area contributed by atoms with Crippen LogP contribution >= 0.6 is 11.5 Å². The van der Waals surface area contributed by atoms with E-state index in [1.165, 1.54) is 11.5 Å². The summed E-state index contributed by atoms with van der Waals surface area (Å²) in [4.78, 5) is 4.81. The zero-order chi connectivity index (χ0) is 11.6. The number of hydrogen-bond donors (Lipinski definition) is 0. The summed E-state index contributed by atoms with van der Waals surface area (Å²) in [6.45, 7) is 17.1. The lowest BCUT2D eigenvalue weighted by molar-refractivity contribution is 1.50. The Morgan fingerprint density at radius 1 is 1.36 bits per heavy atom. The SMILES string of the molecule is C=Nc1cnsc1C(=C)C.CC.CC. The van der Waals surface area contributed by atoms with Gasteiger partial charge in [0.05, 0.1) is 11.1 Å². The molecule has 0 atom stereocenters. The van der Waals surface area contributed by atoms with Crippen molar-refractivity contribution in [3.8, 4) is 0 Å². The van der Waals surface area contributed by atoms with Gasteiger partial charge in [-0.15, -0.1) is 0 Å². The smallest absolute Gasteiger partial charge is 0.101 e. The molecule has 0 aliphatic carbocycles. The maximum absolute atomic E-state index is 3.96. The Hall–Kier alpha value is -0.960. The van der Waals surface area contributed by atoms with Crippen molar-refractivity contribution in [3.05, 3.63) is 17.7 Å². The molecule has 0 spiro atoms. The van der Waals surface area contributed by atoms with Crippen LogP contribution in [0.5, 0.6) is 0 Å². The molecule has 80 valence electrons. The normalized spacial score (nSPS) is 7.50. The van der Waals surface area contributed by atoms with Crippen LogP contribution in [0, 0.1) is 0 Å². The molecule has 3 heteroatoms. The van der Waals surface area contributed by atoms with Crippen molar-refractivity contribution < 1.29 is 0 Å². The molecule has 1 rings (SSSR count). The fraction of sp³-hybridized carbons (Fsp3) is 0.455. The van der Waals surface area contributed by atoms with Gasteiger partial charge in [0.2, 0.25) is 0 Å². The van der Waals surface area contributed by atoms with Gasteiger partial charge in [-0.3, -0.25) is 4.99 Å². The molecule has 0 radical (unpaired) electrons. The lowest BCUT2D eigenvalue weighted by Crippen LogP contribution is -1.67. The van der Waals surface area contributed by atoms with E-state index in [1.54, 1.807) is 6.20 Å². The number of allylic oxidation sites excluding steroid dienone is 1. The van der Waals surface area contributed by atoms with Crippen molar-refractivity contribution in [2.24, 2.45) is 4.99 Å². The minimum Gasteiger partial charge on any atom is -0.261 e. The molecular weight excluding hydrogens is 192 g/mol. The van der Waals surface area contributed by atoms with Gasteiger partial charge in [0.15, 0.2) is 0 Å². The summed E-state index contributed by atoms with van der Waals surface area (Å²) in [5.74, 6) is 0. The Labute approximate surface area is 91.6 Å². The van der Waals surface area contributed by atoms with Crippen LogP contribution < -0.4 is 0 Å². The number of aliphatic imine (C=N–C) groups is 1. The van der Waals surface area contributed by atoms with Gasteiger partial charge in [-0.1, -0.05) is 34.3 Å². The van der Waals surface area contributed by atoms with E-state index in [9.17, 15) is 0 Å². The fourth-order valence-electron chi connectivity index (χ4n) is 0.644. The first-order valence-corrected chi connectivity index (χ1v) is 5.60. The van der Waals surface area contributed by atoms with E-state index in [4.69, 9.17) is 0 Å². The molecule has 1 aromatic heterocycles. The van der Waals surface area contributed by atoms with E-state index in [0.29, 0.717) is 0 Å². The van der Waals surface area contributed by atoms with Crippen LogP contribution in [0.2, 0.25) is 0 Å². The number of hydrogen-bond acceptors (Lipinski definition) is 3. The molecule has 1 heterocycles. The third-order valence-electron chi connectivity index (χ3n) is 1.11. The monoisotopic (exact) mass is 212 g/mol. The minimum atomic E-state index is 0.831. The van der Waals surface area contributed by atoms with E-state index in [1.807, 2.05) is 34.6 Å². The quantitative estimate of drug-likeness (QED) is 0.660. The van der Waals surface area contributed by atoms with Crippen LogP contribution in [0.25, 0.3) is 5.57 Å². The second-order valence-electron chi connectivity index (χ2n) is 1.98. The van der Waals surface area contributed by atoms with Crippen LogP contribution in [0.3, 0.4) is 0 Å². The van der Waals surface area contributed by atoms with Gasteiger partial charge in [-0.05, 0) is 30.7 Å². The first-order chi connectivity index (χ1) is 6.75. The van der Waals surface area contributed by atoms with Crippen LogP contribution in [0.4, 0.5) is 5.69 Å². The summed E-state index contributed by atoms with van der Waals surface area (Å²) < 4.78 is 3.96. The molecule has 0 unspecified atom stereocenters. The second-order valence-corrected chi connectivity index (χ2v) is 2.78. The zero-order valence-corrected chi connectivity index (χ0v) is 10.6. The molecule has 1 aromatic rings. The first kappa shape index (κ1) is 15.5. The zero-order valence-electron chi connectivity index (χ0n) is 9.79. The van der Waals surface area contributed by atoms with Crippen molar-refractivity contribution in [3.63, 3.8) is 0 Å². The van der Waals surface area contributed by atoms with Crippen LogP contribution in [0.15, 0.2) is 17.8 Å². The van der Waals surface area contributed by atoms with Crippen LogP contribution in [-0.2, 0) is 0 Å². The maximum atomic E-state index is 3.96. The Bertz CT molecular complexity index is 264. The fourth-order valence-corrected chi connectivity index (χ4v) is 1.27. The highest BCUT2D eigenvalue weighted by Crippen LogP contribution is 2.27. The molecule has 0 saturated carbocycles. The topological polar surface area (TPSA) is 25.2 Å². The van der Waals surface area contributed by atoms with Gasteiger partial charge in [0, 0.05) is 0 Å². The highest BCUT2D eigenvalue weighted by molar-refractivity contribution is 7.07. The molecule has 0 aromatic carbocycles. The highest BCUT2D eigenvalue weighted by Gasteiger charge is 2.02. The maximum Gasteiger partial charge on any atom is 0.101 e. The Balaban J connectivity index is 0. The summed E-state index contributed by atoms with van der Waals surface area (Å²) in [6.07, 6.45) is 1.70. The van der Waals surface area contributed by atoms with Crippen molar-refractivity contribution >= 4 is 29.5 Å². The molecule has 0 N–H and O–H groups in total. The number of aromatic nitrogens is 1. The number of rotatable bonds is 2. The van der Waals surface area contributed by atoms with E-state index >= 15 is 0 Å². The van der Waals surface area contributed by atoms with Crippen molar-refractivity contribution in [2.45, 2.75) is 34.6 Å². The van der Waals surface area contributed by atoms with Crippen LogP contribution in [-0.4, -0.2) is 11.1 Å². The van der Waals surface area contributed by atoms with Crippen molar-refractivity contribution in [2.75, 3.05) is 0 Å². The molecule has 0 aliphatic heterocycles. The molecule has 0 saturated heterocycles. The average molecular weight is 212 g/mol. The summed E-state index contributed by atoms with van der Waals surface area (Å²) in [6, 6.07) is 0. The number of nitrogens with zero attached hydrogens (tertiary/aromatic N) is 2. The first-order valence-electron chi connectivity index (χ1n) is 4.83. The summed E-state index contributed by atoms with van der Waals surface area (Å²) in [5.41, 5.74) is 1.82. The molecular formula is C11H20N2S. The third kappa shape index (κ3) is 4.92. The van der Waals surface area contributed by atoms with Gasteiger partial charge in [-0.25, -0.2) is 0 Å². The van der Waals surface area contributed by atoms with Gasteiger partial charge < -0.3 is 0 Å². The van der Waals surface area contributed by atoms with Gasteiger partial charge >= 0.3 is 0 Å². The molecule has 0 amide bonds. The van der Waals surface area contributed by atoms with E-state index < -0.39 is 0 Å². The predicted molar refractivity (Wildman–Crippen MR) is 68.7 cm³/mol. The molecule has 0 fully saturated rings. The molecule has 14 heavy (non-hydrogen) atoms. The molecule has 2 nitrogen and oxygen atoms in total. The van der Waals surface area contributed by atoms with Crippen molar-refractivity contribution in [1.82, 2.24) is 4.37 Å². The molecule has 0 aliphatic rings. The largest absolute Gasteiger partial charge is 0.261 e. The van der Waals surface area contributed by atoms with Gasteiger partial charge in [0.25, 0.3) is 0 Å². The van der Waals surface area contributed by atoms with E-state index in [0.717, 1.165) is 16.1 Å². The lowest BCUT2D eigenvalue weighted by atomic mass is 10.3. The van der Waals surface area contributed by atoms with Gasteiger partial charge in [0.1, 0.15) is 5.69 Å². The van der Waals surface area contributed by atoms with Gasteiger partial charge in [-0.2, -0.15) is 4.37 Å². The standard InChI is InChI=1S/C7H8N2S.2C2H6/c1-5(2)7-6(8-3)4-9-10-7;2*1-2/h4H,1,3H2,2H3;2*1-2H3. The summed E-state index contributed by atoms with van der Waals surface area (Å²) in [5, 5.41) is 0. The Kier molecular flexibility index (Phi) is 11.2.